The van der Waals surface area contributed by atoms with Gasteiger partial charge in [-0.25, -0.2) is 14.6 Å². The summed E-state index contributed by atoms with van der Waals surface area (Å²) in [6.45, 7) is 7.15. The first-order valence-corrected chi connectivity index (χ1v) is 10.6. The number of piperazine rings is 1. The molecule has 0 atom stereocenters. The average molecular weight is 427 g/mol. The number of anilines is 2. The van der Waals surface area contributed by atoms with Crippen LogP contribution in [0.2, 0.25) is 5.02 Å². The number of fused-ring (bicyclic) bond motifs is 1. The van der Waals surface area contributed by atoms with Crippen LogP contribution in [0, 0.1) is 5.92 Å². The van der Waals surface area contributed by atoms with Gasteiger partial charge in [0.2, 0.25) is 5.91 Å². The molecule has 2 aliphatic heterocycles. The quantitative estimate of drug-likeness (QED) is 0.627. The topological polar surface area (TPSA) is 83.3 Å². The zero-order valence-corrected chi connectivity index (χ0v) is 17.5. The van der Waals surface area contributed by atoms with Crippen LogP contribution >= 0.6 is 11.6 Å². The molecule has 0 unspecified atom stereocenters. The molecule has 3 aromatic rings. The van der Waals surface area contributed by atoms with Gasteiger partial charge in [-0.05, 0) is 31.2 Å². The van der Waals surface area contributed by atoms with Crippen molar-refractivity contribution in [3.8, 4) is 0 Å². The first-order valence-electron chi connectivity index (χ1n) is 10.2. The Balaban J connectivity index is 1.19. The number of nitrogens with zero attached hydrogens (tertiary/aromatic N) is 8. The second-order valence-corrected chi connectivity index (χ2v) is 8.10. The van der Waals surface area contributed by atoms with Crippen LogP contribution in [-0.4, -0.2) is 75.0 Å². The first kappa shape index (κ1) is 19.0. The standard InChI is InChI=1S/C20H23ClN8O/c1-2-29-19-17(24-25-29)18(22-13-23-19)28-11-14(12-28)20(30)27-9-7-26(8-10-27)16-5-3-15(21)4-6-16/h3-6,13-14H,2,7-12H2,1H3. The monoisotopic (exact) mass is 426 g/mol. The number of rotatable bonds is 4. The van der Waals surface area contributed by atoms with E-state index in [1.165, 1.54) is 6.33 Å². The molecule has 0 bridgehead atoms. The summed E-state index contributed by atoms with van der Waals surface area (Å²) < 4.78 is 1.75. The SMILES string of the molecule is CCn1nnc2c(N3CC(C(=O)N4CCN(c5ccc(Cl)cc5)CC4)C3)ncnc21. The van der Waals surface area contributed by atoms with Crippen LogP contribution in [0.1, 0.15) is 6.92 Å². The molecule has 2 saturated heterocycles. The van der Waals surface area contributed by atoms with Crippen molar-refractivity contribution in [2.45, 2.75) is 13.5 Å². The highest BCUT2D eigenvalue weighted by Crippen LogP contribution is 2.29. The molecule has 1 aromatic carbocycles. The van der Waals surface area contributed by atoms with Crippen molar-refractivity contribution in [2.24, 2.45) is 5.92 Å². The molecule has 2 fully saturated rings. The lowest BCUT2D eigenvalue weighted by atomic mass is 9.98. The van der Waals surface area contributed by atoms with E-state index in [0.29, 0.717) is 25.2 Å². The predicted molar refractivity (Wildman–Crippen MR) is 115 cm³/mol. The van der Waals surface area contributed by atoms with E-state index in [4.69, 9.17) is 11.6 Å². The summed E-state index contributed by atoms with van der Waals surface area (Å²) in [7, 11) is 0. The first-order chi connectivity index (χ1) is 14.6. The van der Waals surface area contributed by atoms with Gasteiger partial charge >= 0.3 is 0 Å². The molecule has 0 spiro atoms. The van der Waals surface area contributed by atoms with Crippen molar-refractivity contribution in [3.63, 3.8) is 0 Å². The number of aryl methyl sites for hydroxylation is 1. The molecule has 2 aliphatic rings. The van der Waals surface area contributed by atoms with Gasteiger partial charge in [-0.15, -0.1) is 5.10 Å². The number of carbonyl (C=O) groups is 1. The predicted octanol–water partition coefficient (Wildman–Crippen LogP) is 1.68. The molecular formula is C20H23ClN8O. The molecule has 4 heterocycles. The zero-order chi connectivity index (χ0) is 20.7. The molecule has 30 heavy (non-hydrogen) atoms. The van der Waals surface area contributed by atoms with Crippen LogP contribution in [0.5, 0.6) is 0 Å². The number of hydrogen-bond acceptors (Lipinski definition) is 7. The van der Waals surface area contributed by atoms with E-state index < -0.39 is 0 Å². The molecular weight excluding hydrogens is 404 g/mol. The molecule has 0 saturated carbocycles. The van der Waals surface area contributed by atoms with Crippen LogP contribution in [0.4, 0.5) is 11.5 Å². The van der Waals surface area contributed by atoms with Crippen LogP contribution < -0.4 is 9.80 Å². The minimum atomic E-state index is -0.00156. The highest BCUT2D eigenvalue weighted by molar-refractivity contribution is 6.30. The van der Waals surface area contributed by atoms with Crippen molar-refractivity contribution in [2.75, 3.05) is 49.1 Å². The number of carbonyl (C=O) groups excluding carboxylic acids is 1. The fraction of sp³-hybridized carbons (Fsp3) is 0.450. The maximum Gasteiger partial charge on any atom is 0.229 e. The van der Waals surface area contributed by atoms with Crippen LogP contribution in [0.15, 0.2) is 30.6 Å². The number of amides is 1. The Bertz CT molecular complexity index is 1050. The summed E-state index contributed by atoms with van der Waals surface area (Å²) in [5.41, 5.74) is 2.58. The molecule has 0 N–H and O–H groups in total. The van der Waals surface area contributed by atoms with Gasteiger partial charge in [0.1, 0.15) is 6.33 Å². The van der Waals surface area contributed by atoms with Crippen LogP contribution in [-0.2, 0) is 11.3 Å². The maximum absolute atomic E-state index is 13.0. The van der Waals surface area contributed by atoms with E-state index in [0.717, 1.165) is 48.4 Å². The Morgan fingerprint density at radius 1 is 1.07 bits per heavy atom. The fourth-order valence-corrected chi connectivity index (χ4v) is 4.25. The number of benzene rings is 1. The second kappa shape index (κ2) is 7.71. The molecule has 2 aromatic heterocycles. The van der Waals surface area contributed by atoms with Gasteiger partial charge in [0.25, 0.3) is 0 Å². The van der Waals surface area contributed by atoms with E-state index in [1.54, 1.807) is 4.68 Å². The second-order valence-electron chi connectivity index (χ2n) is 7.67. The highest BCUT2D eigenvalue weighted by atomic mass is 35.5. The van der Waals surface area contributed by atoms with Gasteiger partial charge in [-0.2, -0.15) is 0 Å². The zero-order valence-electron chi connectivity index (χ0n) is 16.8. The molecule has 5 rings (SSSR count). The van der Waals surface area contributed by atoms with Gasteiger partial charge in [-0.3, -0.25) is 4.79 Å². The lowest BCUT2D eigenvalue weighted by molar-refractivity contribution is -0.136. The lowest BCUT2D eigenvalue weighted by Gasteiger charge is -2.43. The minimum absolute atomic E-state index is 0.00156. The molecule has 10 heteroatoms. The number of halogens is 1. The van der Waals surface area contributed by atoms with Gasteiger partial charge in [0.05, 0.1) is 5.92 Å². The lowest BCUT2D eigenvalue weighted by Crippen LogP contribution is -2.58. The normalized spacial score (nSPS) is 17.5. The average Bonchev–Trinajstić information content (AvgIpc) is 3.17. The summed E-state index contributed by atoms with van der Waals surface area (Å²) in [6.07, 6.45) is 1.54. The summed E-state index contributed by atoms with van der Waals surface area (Å²) in [6, 6.07) is 7.86. The van der Waals surface area contributed by atoms with Crippen molar-refractivity contribution in [3.05, 3.63) is 35.6 Å². The molecule has 1 amide bonds. The van der Waals surface area contributed by atoms with Gasteiger partial charge in [0.15, 0.2) is 17.0 Å². The van der Waals surface area contributed by atoms with E-state index in [-0.39, 0.29) is 11.8 Å². The molecule has 0 radical (unpaired) electrons. The van der Waals surface area contributed by atoms with E-state index in [1.807, 2.05) is 36.1 Å². The summed E-state index contributed by atoms with van der Waals surface area (Å²) in [5.74, 6) is 0.985. The summed E-state index contributed by atoms with van der Waals surface area (Å²) in [4.78, 5) is 28.0. The van der Waals surface area contributed by atoms with Gasteiger partial charge in [-0.1, -0.05) is 16.8 Å². The Morgan fingerprint density at radius 2 is 1.80 bits per heavy atom. The number of hydrogen-bond donors (Lipinski definition) is 0. The molecule has 0 aliphatic carbocycles. The smallest absolute Gasteiger partial charge is 0.229 e. The van der Waals surface area contributed by atoms with Crippen molar-refractivity contribution in [1.29, 1.82) is 0 Å². The van der Waals surface area contributed by atoms with Crippen molar-refractivity contribution in [1.82, 2.24) is 29.9 Å². The fourth-order valence-electron chi connectivity index (χ4n) is 4.13. The number of aromatic nitrogens is 5. The minimum Gasteiger partial charge on any atom is -0.368 e. The Morgan fingerprint density at radius 3 is 2.50 bits per heavy atom. The van der Waals surface area contributed by atoms with Gasteiger partial charge < -0.3 is 14.7 Å². The summed E-state index contributed by atoms with van der Waals surface area (Å²) in [5, 5.41) is 9.10. The van der Waals surface area contributed by atoms with Crippen LogP contribution in [0.25, 0.3) is 11.2 Å². The third-order valence-corrected chi connectivity index (χ3v) is 6.15. The van der Waals surface area contributed by atoms with E-state index in [2.05, 4.69) is 30.1 Å². The summed E-state index contributed by atoms with van der Waals surface area (Å²) >= 11 is 5.98. The molecule has 9 nitrogen and oxygen atoms in total. The van der Waals surface area contributed by atoms with Crippen molar-refractivity contribution < 1.29 is 4.79 Å². The maximum atomic E-state index is 13.0. The Kier molecular flexibility index (Phi) is 4.90. The third kappa shape index (κ3) is 3.32. The van der Waals surface area contributed by atoms with E-state index in [9.17, 15) is 4.79 Å². The highest BCUT2D eigenvalue weighted by Gasteiger charge is 2.38. The molecule has 156 valence electrons. The Hall–Kier alpha value is -2.94. The van der Waals surface area contributed by atoms with Crippen LogP contribution in [0.3, 0.4) is 0 Å². The Labute approximate surface area is 179 Å². The largest absolute Gasteiger partial charge is 0.368 e. The third-order valence-electron chi connectivity index (χ3n) is 5.89. The van der Waals surface area contributed by atoms with Gasteiger partial charge in [0, 0.05) is 56.5 Å². The van der Waals surface area contributed by atoms with Crippen molar-refractivity contribution >= 4 is 40.2 Å². The van der Waals surface area contributed by atoms with E-state index >= 15 is 0 Å².